The first-order valence-electron chi connectivity index (χ1n) is 9.81. The summed E-state index contributed by atoms with van der Waals surface area (Å²) in [6.07, 6.45) is -0.333. The number of Topliss-reactive ketones (excluding diaryl/α,β-unsaturated/α-hetero) is 1. The third kappa shape index (κ3) is 4.34. The van der Waals surface area contributed by atoms with Crippen molar-refractivity contribution in [1.29, 1.82) is 5.26 Å². The smallest absolute Gasteiger partial charge is 0.271 e. The van der Waals surface area contributed by atoms with Crippen LogP contribution in [0.15, 0.2) is 23.0 Å². The first-order valence-corrected chi connectivity index (χ1v) is 9.81. The van der Waals surface area contributed by atoms with Crippen molar-refractivity contribution in [3.05, 3.63) is 56.4 Å². The third-order valence-corrected chi connectivity index (χ3v) is 4.96. The van der Waals surface area contributed by atoms with Crippen LogP contribution < -0.4 is 10.3 Å². The first kappa shape index (κ1) is 22.2. The van der Waals surface area contributed by atoms with Gasteiger partial charge < -0.3 is 9.84 Å². The van der Waals surface area contributed by atoms with Crippen LogP contribution in [0.2, 0.25) is 0 Å². The number of nitrogens with zero attached hydrogens (tertiary/aromatic N) is 2. The van der Waals surface area contributed by atoms with Crippen LogP contribution in [0.5, 0.6) is 11.6 Å². The molecule has 6 nitrogen and oxygen atoms in total. The Morgan fingerprint density at radius 2 is 1.93 bits per heavy atom. The molecule has 0 aliphatic rings. The van der Waals surface area contributed by atoms with Gasteiger partial charge in [0.15, 0.2) is 6.10 Å². The Balaban J connectivity index is 2.53. The molecule has 1 heterocycles. The molecule has 1 unspecified atom stereocenters. The number of nitriles is 1. The van der Waals surface area contributed by atoms with Gasteiger partial charge in [0.05, 0.1) is 5.56 Å². The number of benzene rings is 1. The van der Waals surface area contributed by atoms with Gasteiger partial charge in [-0.05, 0) is 55.9 Å². The molecule has 0 amide bonds. The van der Waals surface area contributed by atoms with E-state index in [-0.39, 0.29) is 29.2 Å². The maximum Gasteiger partial charge on any atom is 0.271 e. The van der Waals surface area contributed by atoms with E-state index in [1.54, 1.807) is 6.92 Å². The third-order valence-electron chi connectivity index (χ3n) is 4.96. The second-order valence-electron chi connectivity index (χ2n) is 7.59. The lowest BCUT2D eigenvalue weighted by molar-refractivity contribution is 0.0810. The Hall–Kier alpha value is -3.07. The SMILES string of the molecule is CCCn1c(O)c(C(=O)C(C)Oc2cc(C)ccc2C(C)C)c(C)c(C#N)c1=O. The largest absolute Gasteiger partial charge is 0.494 e. The molecule has 2 rings (SSSR count). The Morgan fingerprint density at radius 3 is 2.48 bits per heavy atom. The van der Waals surface area contributed by atoms with Gasteiger partial charge in [0.1, 0.15) is 17.4 Å². The molecule has 2 aromatic rings. The van der Waals surface area contributed by atoms with E-state index < -0.39 is 23.3 Å². The number of aromatic hydroxyl groups is 1. The van der Waals surface area contributed by atoms with Gasteiger partial charge in [0.2, 0.25) is 11.7 Å². The van der Waals surface area contributed by atoms with Crippen molar-refractivity contribution in [2.75, 3.05) is 0 Å². The highest BCUT2D eigenvalue weighted by atomic mass is 16.5. The summed E-state index contributed by atoms with van der Waals surface area (Å²) in [6, 6.07) is 7.71. The molecule has 0 saturated heterocycles. The molecule has 1 aromatic heterocycles. The van der Waals surface area contributed by atoms with Gasteiger partial charge in [-0.25, -0.2) is 0 Å². The molecular formula is C23H28N2O4. The van der Waals surface area contributed by atoms with E-state index in [4.69, 9.17) is 4.74 Å². The Morgan fingerprint density at radius 1 is 1.28 bits per heavy atom. The van der Waals surface area contributed by atoms with Crippen LogP contribution in [0.3, 0.4) is 0 Å². The van der Waals surface area contributed by atoms with Crippen LogP contribution in [0.25, 0.3) is 0 Å². The molecule has 0 fully saturated rings. The zero-order valence-electron chi connectivity index (χ0n) is 17.9. The number of pyridine rings is 1. The van der Waals surface area contributed by atoms with E-state index >= 15 is 0 Å². The number of carbonyl (C=O) groups excluding carboxylic acids is 1. The van der Waals surface area contributed by atoms with Crippen molar-refractivity contribution in [1.82, 2.24) is 4.57 Å². The van der Waals surface area contributed by atoms with Crippen LogP contribution in [-0.4, -0.2) is 21.6 Å². The molecule has 0 bridgehead atoms. The molecule has 1 atom stereocenters. The number of hydrogen-bond acceptors (Lipinski definition) is 5. The van der Waals surface area contributed by atoms with Gasteiger partial charge in [-0.3, -0.25) is 14.2 Å². The predicted octanol–water partition coefficient (Wildman–Crippen LogP) is 4.23. The van der Waals surface area contributed by atoms with E-state index in [9.17, 15) is 20.0 Å². The van der Waals surface area contributed by atoms with Crippen molar-refractivity contribution in [2.24, 2.45) is 0 Å². The molecule has 1 N–H and O–H groups in total. The zero-order valence-corrected chi connectivity index (χ0v) is 17.9. The number of rotatable bonds is 7. The monoisotopic (exact) mass is 396 g/mol. The molecule has 0 aliphatic heterocycles. The highest BCUT2D eigenvalue weighted by molar-refractivity contribution is 6.03. The predicted molar refractivity (Wildman–Crippen MR) is 112 cm³/mol. The standard InChI is InChI=1S/C23H28N2O4/c1-7-10-25-22(27)18(12-24)15(5)20(23(25)28)21(26)16(6)29-19-11-14(4)8-9-17(19)13(2)3/h8-9,11,13,16,28H,7,10H2,1-6H3. The average Bonchev–Trinajstić information content (AvgIpc) is 2.65. The molecule has 0 aliphatic carbocycles. The Kier molecular flexibility index (Phi) is 6.86. The minimum Gasteiger partial charge on any atom is -0.494 e. The topological polar surface area (TPSA) is 92.3 Å². The minimum atomic E-state index is -0.905. The number of carbonyl (C=O) groups is 1. The summed E-state index contributed by atoms with van der Waals surface area (Å²) in [7, 11) is 0. The molecule has 154 valence electrons. The molecule has 0 radical (unpaired) electrons. The fourth-order valence-electron chi connectivity index (χ4n) is 3.34. The Bertz CT molecular complexity index is 1030. The summed E-state index contributed by atoms with van der Waals surface area (Å²) in [5.41, 5.74) is 1.40. The molecule has 29 heavy (non-hydrogen) atoms. The lowest BCUT2D eigenvalue weighted by Crippen LogP contribution is -2.31. The molecule has 0 saturated carbocycles. The van der Waals surface area contributed by atoms with Crippen LogP contribution >= 0.6 is 0 Å². The highest BCUT2D eigenvalue weighted by Gasteiger charge is 2.28. The van der Waals surface area contributed by atoms with Gasteiger partial charge in [-0.1, -0.05) is 32.9 Å². The van der Waals surface area contributed by atoms with E-state index in [2.05, 4.69) is 0 Å². The van der Waals surface area contributed by atoms with E-state index in [1.807, 2.05) is 52.0 Å². The zero-order chi connectivity index (χ0) is 21.9. The van der Waals surface area contributed by atoms with Crippen LogP contribution in [0, 0.1) is 25.2 Å². The van der Waals surface area contributed by atoms with Crippen molar-refractivity contribution in [3.8, 4) is 17.7 Å². The second kappa shape index (κ2) is 8.95. The summed E-state index contributed by atoms with van der Waals surface area (Å²) in [5, 5.41) is 20.1. The average molecular weight is 396 g/mol. The molecule has 6 heteroatoms. The van der Waals surface area contributed by atoms with E-state index in [0.717, 1.165) is 15.7 Å². The number of ketones is 1. The normalized spacial score (nSPS) is 11.9. The Labute approximate surface area is 171 Å². The summed E-state index contributed by atoms with van der Waals surface area (Å²) < 4.78 is 7.07. The summed E-state index contributed by atoms with van der Waals surface area (Å²) in [4.78, 5) is 25.6. The van der Waals surface area contributed by atoms with Crippen molar-refractivity contribution >= 4 is 5.78 Å². The summed E-state index contributed by atoms with van der Waals surface area (Å²) in [6.45, 7) is 11.2. The number of ether oxygens (including phenoxy) is 1. The van der Waals surface area contributed by atoms with Crippen molar-refractivity contribution in [3.63, 3.8) is 0 Å². The van der Waals surface area contributed by atoms with Gasteiger partial charge in [-0.2, -0.15) is 5.26 Å². The van der Waals surface area contributed by atoms with Gasteiger partial charge in [0.25, 0.3) is 5.56 Å². The van der Waals surface area contributed by atoms with Crippen LogP contribution in [0.4, 0.5) is 0 Å². The molecular weight excluding hydrogens is 368 g/mol. The maximum absolute atomic E-state index is 13.2. The fourth-order valence-corrected chi connectivity index (χ4v) is 3.34. The first-order chi connectivity index (χ1) is 13.6. The van der Waals surface area contributed by atoms with Gasteiger partial charge in [-0.15, -0.1) is 0 Å². The van der Waals surface area contributed by atoms with E-state index in [0.29, 0.717) is 12.2 Å². The fraction of sp³-hybridized carbons (Fsp3) is 0.435. The quantitative estimate of drug-likeness (QED) is 0.707. The lowest BCUT2D eigenvalue weighted by atomic mass is 9.98. The van der Waals surface area contributed by atoms with Gasteiger partial charge >= 0.3 is 0 Å². The van der Waals surface area contributed by atoms with E-state index in [1.165, 1.54) is 6.92 Å². The van der Waals surface area contributed by atoms with Crippen LogP contribution in [-0.2, 0) is 6.54 Å². The molecule has 1 aromatic carbocycles. The van der Waals surface area contributed by atoms with Gasteiger partial charge in [0, 0.05) is 6.54 Å². The number of hydrogen-bond donors (Lipinski definition) is 1. The minimum absolute atomic E-state index is 0.0409. The molecule has 0 spiro atoms. The summed E-state index contributed by atoms with van der Waals surface area (Å²) >= 11 is 0. The number of aromatic nitrogens is 1. The number of aryl methyl sites for hydroxylation is 1. The maximum atomic E-state index is 13.2. The van der Waals surface area contributed by atoms with Crippen molar-refractivity contribution in [2.45, 2.75) is 66.5 Å². The summed E-state index contributed by atoms with van der Waals surface area (Å²) in [5.74, 6) is -0.0697. The lowest BCUT2D eigenvalue weighted by Gasteiger charge is -2.21. The second-order valence-corrected chi connectivity index (χ2v) is 7.59. The van der Waals surface area contributed by atoms with Crippen molar-refractivity contribution < 1.29 is 14.6 Å². The highest BCUT2D eigenvalue weighted by Crippen LogP contribution is 2.30. The van der Waals surface area contributed by atoms with Crippen LogP contribution in [0.1, 0.15) is 72.6 Å².